The van der Waals surface area contributed by atoms with Gasteiger partial charge in [0.05, 0.1) is 5.69 Å². The van der Waals surface area contributed by atoms with Crippen LogP contribution in [0.25, 0.3) is 0 Å². The molecule has 2 rings (SSSR count). The highest BCUT2D eigenvalue weighted by molar-refractivity contribution is 5.10. The van der Waals surface area contributed by atoms with Crippen molar-refractivity contribution in [1.29, 1.82) is 0 Å². The number of pyridine rings is 1. The summed E-state index contributed by atoms with van der Waals surface area (Å²) in [5.41, 5.74) is 2.33. The molecule has 0 unspecified atom stereocenters. The lowest BCUT2D eigenvalue weighted by atomic mass is 9.90. The lowest BCUT2D eigenvalue weighted by Crippen LogP contribution is -2.42. The Kier molecular flexibility index (Phi) is 6.65. The van der Waals surface area contributed by atoms with Gasteiger partial charge >= 0.3 is 0 Å². The summed E-state index contributed by atoms with van der Waals surface area (Å²) in [7, 11) is 0. The van der Waals surface area contributed by atoms with Crippen LogP contribution in [0, 0.1) is 6.92 Å². The first-order chi connectivity index (χ1) is 10.2. The second kappa shape index (κ2) is 8.50. The molecule has 0 radical (unpaired) electrons. The average molecular weight is 289 g/mol. The first-order valence-electron chi connectivity index (χ1n) is 8.62. The number of rotatable bonds is 7. The van der Waals surface area contributed by atoms with Crippen molar-refractivity contribution in [3.63, 3.8) is 0 Å². The Morgan fingerprint density at radius 1 is 1.19 bits per heavy atom. The highest BCUT2D eigenvalue weighted by Crippen LogP contribution is 2.24. The minimum atomic E-state index is 0.733. The van der Waals surface area contributed by atoms with Crippen molar-refractivity contribution in [2.75, 3.05) is 13.1 Å². The van der Waals surface area contributed by atoms with Gasteiger partial charge in [-0.25, -0.2) is 0 Å². The molecule has 3 heteroatoms. The normalized spacial score (nSPS) is 22.7. The Labute approximate surface area is 130 Å². The predicted molar refractivity (Wildman–Crippen MR) is 89.4 cm³/mol. The van der Waals surface area contributed by atoms with Crippen molar-refractivity contribution in [3.05, 3.63) is 29.6 Å². The van der Waals surface area contributed by atoms with E-state index in [4.69, 9.17) is 0 Å². The summed E-state index contributed by atoms with van der Waals surface area (Å²) < 4.78 is 0. The summed E-state index contributed by atoms with van der Waals surface area (Å²) in [4.78, 5) is 7.27. The molecule has 0 bridgehead atoms. The Bertz CT molecular complexity index is 411. The van der Waals surface area contributed by atoms with Crippen LogP contribution in [-0.4, -0.2) is 35.1 Å². The number of aromatic nitrogens is 1. The average Bonchev–Trinajstić information content (AvgIpc) is 2.51. The highest BCUT2D eigenvalue weighted by atomic mass is 15.2. The quantitative estimate of drug-likeness (QED) is 0.832. The number of nitrogens with one attached hydrogen (secondary N) is 1. The molecule has 1 aliphatic rings. The molecule has 0 saturated heterocycles. The predicted octanol–water partition coefficient (Wildman–Crippen LogP) is 3.52. The van der Waals surface area contributed by atoms with Crippen LogP contribution in [0.5, 0.6) is 0 Å². The molecule has 1 aromatic rings. The van der Waals surface area contributed by atoms with E-state index in [2.05, 4.69) is 54.2 Å². The topological polar surface area (TPSA) is 28.2 Å². The van der Waals surface area contributed by atoms with Crippen molar-refractivity contribution in [3.8, 4) is 0 Å². The lowest BCUT2D eigenvalue weighted by molar-refractivity contribution is 0.141. The van der Waals surface area contributed by atoms with Gasteiger partial charge < -0.3 is 5.32 Å². The van der Waals surface area contributed by atoms with Crippen LogP contribution in [0.1, 0.15) is 57.3 Å². The molecule has 21 heavy (non-hydrogen) atoms. The van der Waals surface area contributed by atoms with Crippen LogP contribution in [-0.2, 0) is 6.54 Å². The van der Waals surface area contributed by atoms with Crippen LogP contribution in [0.2, 0.25) is 0 Å². The van der Waals surface area contributed by atoms with E-state index in [0.717, 1.165) is 30.9 Å². The maximum atomic E-state index is 4.66. The summed E-state index contributed by atoms with van der Waals surface area (Å²) in [5.74, 6) is 0. The molecule has 118 valence electrons. The van der Waals surface area contributed by atoms with Gasteiger partial charge in [0.2, 0.25) is 0 Å². The zero-order valence-electron chi connectivity index (χ0n) is 13.9. The minimum Gasteiger partial charge on any atom is -0.314 e. The van der Waals surface area contributed by atoms with Crippen LogP contribution in [0.3, 0.4) is 0 Å². The Morgan fingerprint density at radius 2 is 1.95 bits per heavy atom. The molecule has 1 N–H and O–H groups in total. The summed E-state index contributed by atoms with van der Waals surface area (Å²) in [6, 6.07) is 7.83. The summed E-state index contributed by atoms with van der Waals surface area (Å²) in [6.07, 6.45) is 6.52. The Balaban J connectivity index is 1.85. The molecule has 3 nitrogen and oxygen atoms in total. The van der Waals surface area contributed by atoms with Crippen molar-refractivity contribution in [1.82, 2.24) is 15.2 Å². The van der Waals surface area contributed by atoms with Gasteiger partial charge in [-0.1, -0.05) is 19.9 Å². The SMILES string of the molecule is CCCNC1CCC(N(CC)Cc2cccc(C)n2)CC1. The molecule has 1 aliphatic carbocycles. The van der Waals surface area contributed by atoms with Gasteiger partial charge in [0.15, 0.2) is 0 Å². The highest BCUT2D eigenvalue weighted by Gasteiger charge is 2.24. The zero-order valence-corrected chi connectivity index (χ0v) is 13.9. The molecule has 1 aromatic heterocycles. The summed E-state index contributed by atoms with van der Waals surface area (Å²) >= 11 is 0. The summed E-state index contributed by atoms with van der Waals surface area (Å²) in [6.45, 7) is 9.87. The molecular weight excluding hydrogens is 258 g/mol. The summed E-state index contributed by atoms with van der Waals surface area (Å²) in [5, 5.41) is 3.68. The van der Waals surface area contributed by atoms with E-state index in [1.54, 1.807) is 0 Å². The zero-order chi connectivity index (χ0) is 15.1. The monoisotopic (exact) mass is 289 g/mol. The van der Waals surface area contributed by atoms with Crippen LogP contribution in [0.4, 0.5) is 0 Å². The van der Waals surface area contributed by atoms with E-state index in [9.17, 15) is 0 Å². The number of hydrogen-bond acceptors (Lipinski definition) is 3. The van der Waals surface area contributed by atoms with Gasteiger partial charge in [-0.15, -0.1) is 0 Å². The van der Waals surface area contributed by atoms with Gasteiger partial charge in [0.25, 0.3) is 0 Å². The van der Waals surface area contributed by atoms with Crippen molar-refractivity contribution in [2.24, 2.45) is 0 Å². The molecular formula is C18H31N3. The van der Waals surface area contributed by atoms with E-state index in [-0.39, 0.29) is 0 Å². The van der Waals surface area contributed by atoms with Crippen molar-refractivity contribution >= 4 is 0 Å². The van der Waals surface area contributed by atoms with Crippen molar-refractivity contribution < 1.29 is 0 Å². The van der Waals surface area contributed by atoms with Gasteiger partial charge in [0.1, 0.15) is 0 Å². The van der Waals surface area contributed by atoms with Crippen LogP contribution < -0.4 is 5.32 Å². The van der Waals surface area contributed by atoms with Crippen LogP contribution >= 0.6 is 0 Å². The second-order valence-corrected chi connectivity index (χ2v) is 6.29. The first kappa shape index (κ1) is 16.4. The third kappa shape index (κ3) is 5.08. The fourth-order valence-electron chi connectivity index (χ4n) is 3.39. The molecule has 0 aromatic carbocycles. The van der Waals surface area contributed by atoms with Gasteiger partial charge in [-0.3, -0.25) is 9.88 Å². The third-order valence-corrected chi connectivity index (χ3v) is 4.61. The third-order valence-electron chi connectivity index (χ3n) is 4.61. The van der Waals surface area contributed by atoms with Crippen LogP contribution in [0.15, 0.2) is 18.2 Å². The van der Waals surface area contributed by atoms with E-state index in [1.165, 1.54) is 44.3 Å². The van der Waals surface area contributed by atoms with E-state index >= 15 is 0 Å². The van der Waals surface area contributed by atoms with Gasteiger partial charge in [-0.2, -0.15) is 0 Å². The smallest absolute Gasteiger partial charge is 0.0547 e. The van der Waals surface area contributed by atoms with E-state index < -0.39 is 0 Å². The lowest BCUT2D eigenvalue weighted by Gasteiger charge is -2.36. The fourth-order valence-corrected chi connectivity index (χ4v) is 3.39. The minimum absolute atomic E-state index is 0.733. The molecule has 0 spiro atoms. The molecule has 0 amide bonds. The molecule has 0 aliphatic heterocycles. The largest absolute Gasteiger partial charge is 0.314 e. The van der Waals surface area contributed by atoms with E-state index in [0.29, 0.717) is 0 Å². The van der Waals surface area contributed by atoms with Gasteiger partial charge in [0, 0.05) is 24.3 Å². The molecule has 1 heterocycles. The first-order valence-corrected chi connectivity index (χ1v) is 8.62. The molecule has 1 fully saturated rings. The second-order valence-electron chi connectivity index (χ2n) is 6.29. The molecule has 0 atom stereocenters. The van der Waals surface area contributed by atoms with E-state index in [1.807, 2.05) is 0 Å². The number of hydrogen-bond donors (Lipinski definition) is 1. The maximum absolute atomic E-state index is 4.66. The Hall–Kier alpha value is -0.930. The van der Waals surface area contributed by atoms with Gasteiger partial charge in [-0.05, 0) is 64.3 Å². The standard InChI is InChI=1S/C18H31N3/c1-4-13-19-16-9-11-18(12-10-16)21(5-2)14-17-8-6-7-15(3)20-17/h6-8,16,18-19H,4-5,9-14H2,1-3H3. The number of aryl methyl sites for hydroxylation is 1. The Morgan fingerprint density at radius 3 is 2.57 bits per heavy atom. The molecule has 1 saturated carbocycles. The number of nitrogens with zero attached hydrogens (tertiary/aromatic N) is 2. The van der Waals surface area contributed by atoms with Crippen molar-refractivity contribution in [2.45, 2.75) is 71.5 Å². The fraction of sp³-hybridized carbons (Fsp3) is 0.722. The maximum Gasteiger partial charge on any atom is 0.0547 e.